The van der Waals surface area contributed by atoms with Crippen molar-refractivity contribution in [3.8, 4) is 11.3 Å². The average molecular weight is 330 g/mol. The molecule has 0 bridgehead atoms. The van der Waals surface area contributed by atoms with Crippen LogP contribution in [-0.2, 0) is 4.74 Å². The smallest absolute Gasteiger partial charge is 0.150 e. The Labute approximate surface area is 140 Å². The van der Waals surface area contributed by atoms with E-state index in [1.54, 1.807) is 12.3 Å². The second-order valence-corrected chi connectivity index (χ2v) is 6.50. The van der Waals surface area contributed by atoms with E-state index in [4.69, 9.17) is 4.74 Å². The van der Waals surface area contributed by atoms with Crippen LogP contribution in [0.4, 0.5) is 4.39 Å². The van der Waals surface area contributed by atoms with Gasteiger partial charge < -0.3 is 9.72 Å². The number of H-pyrrole nitrogens is 1. The van der Waals surface area contributed by atoms with E-state index in [9.17, 15) is 4.39 Å². The van der Waals surface area contributed by atoms with Crippen molar-refractivity contribution in [1.82, 2.24) is 19.7 Å². The van der Waals surface area contributed by atoms with Crippen LogP contribution in [0.25, 0.3) is 22.3 Å². The Morgan fingerprint density at radius 2 is 2.25 bits per heavy atom. The normalized spacial score (nSPS) is 17.3. The molecule has 0 aromatic carbocycles. The van der Waals surface area contributed by atoms with Gasteiger partial charge in [-0.05, 0) is 38.3 Å². The van der Waals surface area contributed by atoms with E-state index < -0.39 is 0 Å². The van der Waals surface area contributed by atoms with Crippen LogP contribution in [-0.4, -0.2) is 33.0 Å². The van der Waals surface area contributed by atoms with E-state index in [1.807, 2.05) is 16.9 Å². The SMILES string of the molecule is CC(C)n1ccc(-c2cnc3[nH]cc(F)c3c2)n1.CC1CCOC1. The lowest BCUT2D eigenvalue weighted by molar-refractivity contribution is 0.188. The van der Waals surface area contributed by atoms with Crippen molar-refractivity contribution in [2.24, 2.45) is 5.92 Å². The van der Waals surface area contributed by atoms with Gasteiger partial charge in [-0.2, -0.15) is 5.10 Å². The van der Waals surface area contributed by atoms with Crippen molar-refractivity contribution >= 4 is 11.0 Å². The van der Waals surface area contributed by atoms with Gasteiger partial charge in [-0.25, -0.2) is 9.37 Å². The van der Waals surface area contributed by atoms with E-state index in [1.165, 1.54) is 12.6 Å². The molecule has 6 heteroatoms. The van der Waals surface area contributed by atoms with Crippen LogP contribution in [0.1, 0.15) is 33.2 Å². The first-order valence-corrected chi connectivity index (χ1v) is 8.30. The second kappa shape index (κ2) is 7.13. The molecule has 1 fully saturated rings. The molecule has 1 aliphatic heterocycles. The van der Waals surface area contributed by atoms with E-state index in [0.717, 1.165) is 30.4 Å². The highest BCUT2D eigenvalue weighted by atomic mass is 19.1. The molecule has 5 nitrogen and oxygen atoms in total. The van der Waals surface area contributed by atoms with Gasteiger partial charge in [0.15, 0.2) is 0 Å². The Morgan fingerprint density at radius 3 is 2.83 bits per heavy atom. The van der Waals surface area contributed by atoms with Gasteiger partial charge in [0, 0.05) is 43.4 Å². The maximum absolute atomic E-state index is 13.5. The second-order valence-electron chi connectivity index (χ2n) is 6.50. The van der Waals surface area contributed by atoms with Crippen molar-refractivity contribution in [3.05, 3.63) is 36.5 Å². The molecule has 0 amide bonds. The summed E-state index contributed by atoms with van der Waals surface area (Å²) in [7, 11) is 0. The Balaban J connectivity index is 0.000000238. The van der Waals surface area contributed by atoms with Crippen LogP contribution in [0.15, 0.2) is 30.7 Å². The summed E-state index contributed by atoms with van der Waals surface area (Å²) in [5.41, 5.74) is 2.18. The fraction of sp³-hybridized carbons (Fsp3) is 0.444. The first-order chi connectivity index (χ1) is 11.5. The summed E-state index contributed by atoms with van der Waals surface area (Å²) < 4.78 is 20.4. The Bertz CT molecular complexity index is 802. The third kappa shape index (κ3) is 3.64. The zero-order chi connectivity index (χ0) is 17.1. The standard InChI is InChI=1S/C13H13FN4.C5H10O/c1-8(2)18-4-3-12(17-18)9-5-10-11(14)7-16-13(10)15-6-9;1-5-2-3-6-4-5/h3-8H,1-2H3,(H,15,16);5H,2-4H2,1H3. The lowest BCUT2D eigenvalue weighted by Crippen LogP contribution is -2.00. The molecule has 1 aliphatic rings. The number of ether oxygens (including phenoxy) is 1. The minimum Gasteiger partial charge on any atom is -0.381 e. The Hall–Kier alpha value is -2.21. The Morgan fingerprint density at radius 1 is 1.42 bits per heavy atom. The van der Waals surface area contributed by atoms with Crippen molar-refractivity contribution in [2.75, 3.05) is 13.2 Å². The predicted octanol–water partition coefficient (Wildman–Crippen LogP) is 4.19. The molecule has 24 heavy (non-hydrogen) atoms. The molecule has 0 aliphatic carbocycles. The van der Waals surface area contributed by atoms with Crippen molar-refractivity contribution in [1.29, 1.82) is 0 Å². The van der Waals surface area contributed by atoms with Crippen LogP contribution in [0, 0.1) is 11.7 Å². The third-order valence-electron chi connectivity index (χ3n) is 4.07. The number of nitrogens with zero attached hydrogens (tertiary/aromatic N) is 3. The molecular weight excluding hydrogens is 307 g/mol. The number of halogens is 1. The summed E-state index contributed by atoms with van der Waals surface area (Å²) >= 11 is 0. The maximum Gasteiger partial charge on any atom is 0.150 e. The molecule has 3 aromatic heterocycles. The van der Waals surface area contributed by atoms with Crippen molar-refractivity contribution in [3.63, 3.8) is 0 Å². The van der Waals surface area contributed by atoms with Crippen LogP contribution < -0.4 is 0 Å². The molecule has 0 radical (unpaired) electrons. The number of aromatic amines is 1. The largest absolute Gasteiger partial charge is 0.381 e. The quantitative estimate of drug-likeness (QED) is 0.766. The lowest BCUT2D eigenvalue weighted by Gasteiger charge is -2.03. The van der Waals surface area contributed by atoms with Crippen LogP contribution in [0.3, 0.4) is 0 Å². The zero-order valence-corrected chi connectivity index (χ0v) is 14.3. The van der Waals surface area contributed by atoms with Crippen molar-refractivity contribution < 1.29 is 9.13 Å². The highest BCUT2D eigenvalue weighted by Crippen LogP contribution is 2.23. The highest BCUT2D eigenvalue weighted by Gasteiger charge is 2.09. The predicted molar refractivity (Wildman–Crippen MR) is 92.3 cm³/mol. The van der Waals surface area contributed by atoms with Gasteiger partial charge in [0.2, 0.25) is 0 Å². The number of pyridine rings is 1. The van der Waals surface area contributed by atoms with Gasteiger partial charge in [-0.1, -0.05) is 6.92 Å². The van der Waals surface area contributed by atoms with Gasteiger partial charge in [-0.3, -0.25) is 4.68 Å². The number of hydrogen-bond acceptors (Lipinski definition) is 3. The molecule has 0 spiro atoms. The van der Waals surface area contributed by atoms with Gasteiger partial charge >= 0.3 is 0 Å². The topological polar surface area (TPSA) is 55.7 Å². The summed E-state index contributed by atoms with van der Waals surface area (Å²) in [6.45, 7) is 8.31. The molecule has 4 rings (SSSR count). The molecule has 128 valence electrons. The molecular formula is C18H23FN4O. The summed E-state index contributed by atoms with van der Waals surface area (Å²) in [6, 6.07) is 3.98. The number of fused-ring (bicyclic) bond motifs is 1. The van der Waals surface area contributed by atoms with E-state index in [0.29, 0.717) is 17.1 Å². The molecule has 3 aromatic rings. The van der Waals surface area contributed by atoms with Gasteiger partial charge in [0.25, 0.3) is 0 Å². The number of nitrogens with one attached hydrogen (secondary N) is 1. The molecule has 1 atom stereocenters. The molecule has 0 saturated carbocycles. The fourth-order valence-corrected chi connectivity index (χ4v) is 2.54. The zero-order valence-electron chi connectivity index (χ0n) is 14.3. The lowest BCUT2D eigenvalue weighted by atomic mass is 10.2. The van der Waals surface area contributed by atoms with E-state index in [2.05, 4.69) is 35.8 Å². The summed E-state index contributed by atoms with van der Waals surface area (Å²) in [4.78, 5) is 6.97. The average Bonchev–Trinajstić information content (AvgIpc) is 3.29. The summed E-state index contributed by atoms with van der Waals surface area (Å²) in [6.07, 6.45) is 6.19. The fourth-order valence-electron chi connectivity index (χ4n) is 2.54. The van der Waals surface area contributed by atoms with Gasteiger partial charge in [-0.15, -0.1) is 0 Å². The van der Waals surface area contributed by atoms with E-state index in [-0.39, 0.29) is 5.82 Å². The van der Waals surface area contributed by atoms with E-state index >= 15 is 0 Å². The number of hydrogen-bond donors (Lipinski definition) is 1. The molecule has 4 heterocycles. The first-order valence-electron chi connectivity index (χ1n) is 8.30. The summed E-state index contributed by atoms with van der Waals surface area (Å²) in [5.74, 6) is 0.535. The summed E-state index contributed by atoms with van der Waals surface area (Å²) in [5, 5.41) is 4.94. The van der Waals surface area contributed by atoms with Crippen molar-refractivity contribution in [2.45, 2.75) is 33.2 Å². The Kier molecular flexibility index (Phi) is 4.94. The number of rotatable bonds is 2. The maximum atomic E-state index is 13.5. The van der Waals surface area contributed by atoms with Gasteiger partial charge in [0.05, 0.1) is 11.1 Å². The molecule has 1 saturated heterocycles. The van der Waals surface area contributed by atoms with Crippen LogP contribution in [0.2, 0.25) is 0 Å². The minimum absolute atomic E-state index is 0.289. The third-order valence-corrected chi connectivity index (χ3v) is 4.07. The monoisotopic (exact) mass is 330 g/mol. The van der Waals surface area contributed by atoms with Crippen LogP contribution in [0.5, 0.6) is 0 Å². The highest BCUT2D eigenvalue weighted by molar-refractivity contribution is 5.81. The van der Waals surface area contributed by atoms with Gasteiger partial charge in [0.1, 0.15) is 11.5 Å². The van der Waals surface area contributed by atoms with Crippen LogP contribution >= 0.6 is 0 Å². The number of aromatic nitrogens is 4. The minimum atomic E-state index is -0.289. The first kappa shape index (κ1) is 16.6. The molecule has 1 unspecified atom stereocenters. The molecule has 1 N–H and O–H groups in total.